The minimum atomic E-state index is -6.35. The van der Waals surface area contributed by atoms with Gasteiger partial charge in [0, 0.05) is 33.3 Å². The summed E-state index contributed by atoms with van der Waals surface area (Å²) in [6.45, 7) is 0. The summed E-state index contributed by atoms with van der Waals surface area (Å²) in [6.07, 6.45) is -11.4. The van der Waals surface area contributed by atoms with Crippen molar-refractivity contribution in [3.63, 3.8) is 0 Å². The number of hydrogen-bond acceptors (Lipinski definition) is 3. The van der Waals surface area contributed by atoms with Gasteiger partial charge in [-0.1, -0.05) is 6.07 Å². The van der Waals surface area contributed by atoms with Crippen LogP contribution in [-0.2, 0) is 5.67 Å². The molecule has 15 heteroatoms. The fourth-order valence-electron chi connectivity index (χ4n) is 3.39. The van der Waals surface area contributed by atoms with Crippen molar-refractivity contribution < 1.29 is 44.7 Å². The lowest BCUT2D eigenvalue weighted by Crippen LogP contribution is -2.50. The van der Waals surface area contributed by atoms with Crippen LogP contribution in [0.4, 0.5) is 40.8 Å². The number of pyridine rings is 1. The molecule has 0 atom stereocenters. The summed E-state index contributed by atoms with van der Waals surface area (Å²) in [5.74, 6) is -2.86. The van der Waals surface area contributed by atoms with Crippen molar-refractivity contribution in [1.29, 1.82) is 0 Å². The second-order valence-electron chi connectivity index (χ2n) is 7.57. The standard InChI is InChI=1S/C23H13Br2F8N3O2/c1-34-19(37)13-6-3-7-35-17(13)11-4-2-5-12(16(11)26)20(38)36-18-14(24)8-10(9-15(18)25)21(27,22(28,29)30)23(31,32)33/h2-9H,1H3,(H,34,37)(H,36,38). The molecule has 0 aliphatic carbocycles. The van der Waals surface area contributed by atoms with Crippen LogP contribution in [0.5, 0.6) is 0 Å². The number of nitrogens with one attached hydrogen (secondary N) is 2. The number of carbonyl (C=O) groups excluding carboxylic acids is 2. The monoisotopic (exact) mass is 673 g/mol. The minimum Gasteiger partial charge on any atom is -0.355 e. The molecular formula is C23H13Br2F8N3O2. The van der Waals surface area contributed by atoms with E-state index in [-0.39, 0.29) is 29.0 Å². The number of rotatable bonds is 5. The molecular weight excluding hydrogens is 662 g/mol. The molecule has 2 amide bonds. The van der Waals surface area contributed by atoms with E-state index < -0.39 is 61.4 Å². The van der Waals surface area contributed by atoms with Crippen molar-refractivity contribution in [3.8, 4) is 11.3 Å². The molecule has 5 nitrogen and oxygen atoms in total. The molecule has 0 aliphatic heterocycles. The van der Waals surface area contributed by atoms with E-state index >= 15 is 4.39 Å². The van der Waals surface area contributed by atoms with Crippen LogP contribution in [0, 0.1) is 5.82 Å². The predicted octanol–water partition coefficient (Wildman–Crippen LogP) is 7.31. The number of nitrogens with zero attached hydrogens (tertiary/aromatic N) is 1. The molecule has 0 unspecified atom stereocenters. The van der Waals surface area contributed by atoms with Gasteiger partial charge >= 0.3 is 18.0 Å². The summed E-state index contributed by atoms with van der Waals surface area (Å²) < 4.78 is 108. The van der Waals surface area contributed by atoms with Gasteiger partial charge in [-0.3, -0.25) is 14.6 Å². The maximum atomic E-state index is 15.4. The van der Waals surface area contributed by atoms with Crippen LogP contribution in [0.2, 0.25) is 0 Å². The van der Waals surface area contributed by atoms with Gasteiger partial charge in [-0.15, -0.1) is 0 Å². The molecule has 3 aromatic rings. The van der Waals surface area contributed by atoms with E-state index in [4.69, 9.17) is 0 Å². The van der Waals surface area contributed by atoms with Crippen molar-refractivity contribution in [1.82, 2.24) is 10.3 Å². The Hall–Kier alpha value is -3.07. The summed E-state index contributed by atoms with van der Waals surface area (Å²) in [7, 11) is 1.34. The first-order chi connectivity index (χ1) is 17.5. The smallest absolute Gasteiger partial charge is 0.355 e. The Morgan fingerprint density at radius 2 is 1.39 bits per heavy atom. The van der Waals surface area contributed by atoms with Crippen LogP contribution < -0.4 is 10.6 Å². The molecule has 1 aromatic heterocycles. The van der Waals surface area contributed by atoms with E-state index in [1.165, 1.54) is 37.5 Å². The zero-order valence-corrected chi connectivity index (χ0v) is 21.8. The van der Waals surface area contributed by atoms with Gasteiger partial charge in [0.1, 0.15) is 5.82 Å². The highest BCUT2D eigenvalue weighted by atomic mass is 79.9. The summed E-state index contributed by atoms with van der Waals surface area (Å²) in [6, 6.07) is 6.78. The summed E-state index contributed by atoms with van der Waals surface area (Å²) in [4.78, 5) is 29.0. The van der Waals surface area contributed by atoms with E-state index in [9.17, 15) is 40.3 Å². The summed E-state index contributed by atoms with van der Waals surface area (Å²) >= 11 is 5.47. The lowest BCUT2D eigenvalue weighted by atomic mass is 9.94. The van der Waals surface area contributed by atoms with Gasteiger partial charge < -0.3 is 10.6 Å². The minimum absolute atomic E-state index is 0.00318. The van der Waals surface area contributed by atoms with Crippen LogP contribution in [0.1, 0.15) is 26.3 Å². The third-order valence-electron chi connectivity index (χ3n) is 5.24. The van der Waals surface area contributed by atoms with E-state index in [2.05, 4.69) is 47.5 Å². The average Bonchev–Trinajstić information content (AvgIpc) is 2.83. The van der Waals surface area contributed by atoms with Crippen molar-refractivity contribution in [3.05, 3.63) is 80.1 Å². The molecule has 1 heterocycles. The van der Waals surface area contributed by atoms with Gasteiger partial charge in [0.25, 0.3) is 11.8 Å². The fourth-order valence-corrected chi connectivity index (χ4v) is 4.77. The normalized spacial score (nSPS) is 12.3. The Morgan fingerprint density at radius 1 is 0.842 bits per heavy atom. The second-order valence-corrected chi connectivity index (χ2v) is 9.28. The molecule has 3 rings (SSSR count). The Balaban J connectivity index is 2.04. The Labute approximate surface area is 225 Å². The maximum Gasteiger partial charge on any atom is 0.435 e. The SMILES string of the molecule is CNC(=O)c1cccnc1-c1cccc(C(=O)Nc2c(Br)cc(C(F)(C(F)(F)F)C(F)(F)F)cc2Br)c1F. The molecule has 0 saturated heterocycles. The van der Waals surface area contributed by atoms with E-state index in [1.54, 1.807) is 0 Å². The van der Waals surface area contributed by atoms with Crippen molar-refractivity contribution in [2.45, 2.75) is 18.0 Å². The Bertz CT molecular complexity index is 1370. The lowest BCUT2D eigenvalue weighted by molar-refractivity contribution is -0.348. The summed E-state index contributed by atoms with van der Waals surface area (Å²) in [5.41, 5.74) is -8.84. The molecule has 2 aromatic carbocycles. The lowest BCUT2D eigenvalue weighted by Gasteiger charge is -2.31. The maximum absolute atomic E-state index is 15.4. The van der Waals surface area contributed by atoms with E-state index in [0.717, 1.165) is 6.07 Å². The molecule has 202 valence electrons. The molecule has 0 saturated carbocycles. The van der Waals surface area contributed by atoms with Gasteiger partial charge in [0.2, 0.25) is 0 Å². The van der Waals surface area contributed by atoms with Crippen LogP contribution in [-0.4, -0.2) is 36.2 Å². The highest BCUT2D eigenvalue weighted by molar-refractivity contribution is 9.11. The molecule has 2 N–H and O–H groups in total. The quantitative estimate of drug-likeness (QED) is 0.279. The Morgan fingerprint density at radius 3 is 1.92 bits per heavy atom. The highest BCUT2D eigenvalue weighted by Gasteiger charge is 2.73. The number of hydrogen-bond donors (Lipinski definition) is 2. The van der Waals surface area contributed by atoms with Crippen LogP contribution in [0.25, 0.3) is 11.3 Å². The number of halogens is 10. The van der Waals surface area contributed by atoms with Gasteiger partial charge in [-0.2, -0.15) is 26.3 Å². The molecule has 38 heavy (non-hydrogen) atoms. The largest absolute Gasteiger partial charge is 0.435 e. The third-order valence-corrected chi connectivity index (χ3v) is 6.49. The number of carbonyl (C=O) groups is 2. The zero-order valence-electron chi connectivity index (χ0n) is 18.7. The first-order valence-electron chi connectivity index (χ1n) is 10.1. The van der Waals surface area contributed by atoms with Gasteiger partial charge in [0.15, 0.2) is 0 Å². The molecule has 0 fully saturated rings. The van der Waals surface area contributed by atoms with Crippen LogP contribution in [0.3, 0.4) is 0 Å². The number of amides is 2. The van der Waals surface area contributed by atoms with Gasteiger partial charge in [-0.25, -0.2) is 8.78 Å². The summed E-state index contributed by atoms with van der Waals surface area (Å²) in [5, 5.41) is 4.53. The second kappa shape index (κ2) is 10.6. The van der Waals surface area contributed by atoms with Crippen LogP contribution in [0.15, 0.2) is 57.6 Å². The number of anilines is 1. The third kappa shape index (κ3) is 5.25. The topological polar surface area (TPSA) is 71.1 Å². The van der Waals surface area contributed by atoms with Gasteiger partial charge in [-0.05, 0) is 68.3 Å². The number of alkyl halides is 7. The van der Waals surface area contributed by atoms with Crippen molar-refractivity contribution in [2.75, 3.05) is 12.4 Å². The molecule has 0 bridgehead atoms. The molecule has 0 radical (unpaired) electrons. The first-order valence-corrected chi connectivity index (χ1v) is 11.7. The average molecular weight is 675 g/mol. The Kier molecular flexibility index (Phi) is 8.22. The van der Waals surface area contributed by atoms with Crippen molar-refractivity contribution >= 4 is 49.4 Å². The van der Waals surface area contributed by atoms with E-state index in [1.807, 2.05) is 0 Å². The number of aromatic nitrogens is 1. The highest BCUT2D eigenvalue weighted by Crippen LogP contribution is 2.54. The first kappa shape index (κ1) is 29.5. The number of benzene rings is 2. The van der Waals surface area contributed by atoms with Gasteiger partial charge in [0.05, 0.1) is 22.5 Å². The molecule has 0 spiro atoms. The fraction of sp³-hybridized carbons (Fsp3) is 0.174. The molecule has 0 aliphatic rings. The van der Waals surface area contributed by atoms with Crippen LogP contribution >= 0.6 is 31.9 Å². The van der Waals surface area contributed by atoms with E-state index in [0.29, 0.717) is 0 Å². The zero-order chi connectivity index (χ0) is 28.6. The predicted molar refractivity (Wildman–Crippen MR) is 128 cm³/mol. The van der Waals surface area contributed by atoms with Crippen molar-refractivity contribution in [2.24, 2.45) is 0 Å².